The first-order chi connectivity index (χ1) is 16.1. The molecule has 0 saturated heterocycles. The number of nitriles is 1. The van der Waals surface area contributed by atoms with Crippen molar-refractivity contribution < 1.29 is 23.1 Å². The van der Waals surface area contributed by atoms with Gasteiger partial charge in [-0.2, -0.15) is 5.26 Å². The van der Waals surface area contributed by atoms with Crippen LogP contribution in [0, 0.1) is 17.2 Å². The third-order valence-corrected chi connectivity index (χ3v) is 6.72. The van der Waals surface area contributed by atoms with Crippen LogP contribution in [0.15, 0.2) is 76.2 Å². The molecule has 0 aliphatic rings. The monoisotopic (exact) mass is 483 g/mol. The maximum absolute atomic E-state index is 13.1. The minimum Gasteiger partial charge on any atom is -0.508 e. The minimum absolute atomic E-state index is 0.0301. The smallest absolute Gasteiger partial charge is 0.243 e. The number of carbonyl (C=O) groups is 2. The molecule has 0 saturated carbocycles. The van der Waals surface area contributed by atoms with Crippen LogP contribution in [-0.2, 0) is 25.8 Å². The fourth-order valence-electron chi connectivity index (χ4n) is 3.42. The maximum atomic E-state index is 13.1. The lowest BCUT2D eigenvalue weighted by molar-refractivity contribution is -0.128. The summed E-state index contributed by atoms with van der Waals surface area (Å²) in [4.78, 5) is 23.7. The first kappa shape index (κ1) is 26.6. The van der Waals surface area contributed by atoms with Crippen molar-refractivity contribution in [3.05, 3.63) is 76.9 Å². The molecule has 2 rings (SSSR count). The number of benzene rings is 2. The molecule has 0 fully saturated rings. The van der Waals surface area contributed by atoms with E-state index < -0.39 is 44.4 Å². The van der Waals surface area contributed by atoms with Crippen molar-refractivity contribution in [2.45, 2.75) is 50.6 Å². The lowest BCUT2D eigenvalue weighted by Crippen LogP contribution is -2.51. The number of nitrogens with zero attached hydrogens (tertiary/aromatic N) is 1. The Hall–Kier alpha value is -3.64. The van der Waals surface area contributed by atoms with Gasteiger partial charge in [-0.25, -0.2) is 8.42 Å². The highest BCUT2D eigenvalue weighted by atomic mass is 32.2. The molecule has 1 unspecified atom stereocenters. The number of hydrogen-bond acceptors (Lipinski definition) is 6. The van der Waals surface area contributed by atoms with Gasteiger partial charge in [0.15, 0.2) is 4.91 Å². The number of aliphatic hydroxyl groups excluding tert-OH is 1. The summed E-state index contributed by atoms with van der Waals surface area (Å²) in [6.07, 6.45) is 0.365. The van der Waals surface area contributed by atoms with Crippen molar-refractivity contribution in [1.82, 2.24) is 10.6 Å². The Bertz CT molecular complexity index is 1170. The van der Waals surface area contributed by atoms with E-state index in [0.717, 1.165) is 0 Å². The van der Waals surface area contributed by atoms with Crippen LogP contribution >= 0.6 is 0 Å². The van der Waals surface area contributed by atoms with E-state index in [9.17, 15) is 28.4 Å². The number of hydrogen-bond donors (Lipinski definition) is 3. The molecule has 0 heterocycles. The van der Waals surface area contributed by atoms with E-state index in [1.54, 1.807) is 42.5 Å². The highest BCUT2D eigenvalue weighted by Gasteiger charge is 2.31. The Morgan fingerprint density at radius 2 is 1.53 bits per heavy atom. The summed E-state index contributed by atoms with van der Waals surface area (Å²) in [5, 5.41) is 25.9. The summed E-state index contributed by atoms with van der Waals surface area (Å²) in [5.74, 6) is -1.68. The zero-order chi connectivity index (χ0) is 25.3. The van der Waals surface area contributed by atoms with Crippen molar-refractivity contribution in [1.29, 1.82) is 5.26 Å². The van der Waals surface area contributed by atoms with Gasteiger partial charge in [0, 0.05) is 6.92 Å². The molecule has 2 aromatic carbocycles. The number of allylic oxidation sites excluding steroid dienone is 1. The highest BCUT2D eigenvalue weighted by molar-refractivity contribution is 7.95. The average molecular weight is 484 g/mol. The Balaban J connectivity index is 2.51. The number of rotatable bonds is 10. The number of aliphatic hydroxyl groups is 1. The molecule has 2 aromatic rings. The zero-order valence-corrected chi connectivity index (χ0v) is 20.2. The van der Waals surface area contributed by atoms with E-state index in [1.165, 1.54) is 31.2 Å². The third-order valence-electron chi connectivity index (χ3n) is 4.99. The Morgan fingerprint density at radius 3 is 2.03 bits per heavy atom. The topological polar surface area (TPSA) is 136 Å². The SMILES string of the molecule is CC(=O)NC(CC(C)C)C(=O)N[C@@H](Cc1ccccc1)/C(O)=C(\C#N)S(=O)(=O)c1ccccc1. The maximum Gasteiger partial charge on any atom is 0.243 e. The molecule has 0 bridgehead atoms. The fourth-order valence-corrected chi connectivity index (χ4v) is 4.71. The summed E-state index contributed by atoms with van der Waals surface area (Å²) >= 11 is 0. The molecule has 34 heavy (non-hydrogen) atoms. The first-order valence-electron chi connectivity index (χ1n) is 10.8. The van der Waals surface area contributed by atoms with Crippen molar-refractivity contribution in [2.75, 3.05) is 0 Å². The molecule has 0 aliphatic carbocycles. The second-order valence-electron chi connectivity index (χ2n) is 8.28. The second-order valence-corrected chi connectivity index (χ2v) is 10.2. The van der Waals surface area contributed by atoms with Gasteiger partial charge in [-0.3, -0.25) is 9.59 Å². The van der Waals surface area contributed by atoms with Gasteiger partial charge in [-0.05, 0) is 36.5 Å². The van der Waals surface area contributed by atoms with Crippen LogP contribution in [0.4, 0.5) is 0 Å². The van der Waals surface area contributed by atoms with Crippen molar-refractivity contribution >= 4 is 21.7 Å². The van der Waals surface area contributed by atoms with Crippen LogP contribution < -0.4 is 10.6 Å². The summed E-state index contributed by atoms with van der Waals surface area (Å²) < 4.78 is 26.1. The molecule has 2 amide bonds. The van der Waals surface area contributed by atoms with Gasteiger partial charge in [0.2, 0.25) is 21.7 Å². The van der Waals surface area contributed by atoms with Crippen LogP contribution in [-0.4, -0.2) is 37.4 Å². The van der Waals surface area contributed by atoms with Crippen LogP contribution in [0.2, 0.25) is 0 Å². The number of amides is 2. The lowest BCUT2D eigenvalue weighted by atomic mass is 10.0. The normalized spacial score (nSPS) is 13.9. The number of carbonyl (C=O) groups excluding carboxylic acids is 2. The zero-order valence-electron chi connectivity index (χ0n) is 19.4. The van der Waals surface area contributed by atoms with E-state index in [2.05, 4.69) is 10.6 Å². The molecular formula is C25H29N3O5S. The standard InChI is InChI=1S/C25H29N3O5S/c1-17(2)14-22(27-18(3)29)25(31)28-21(15-19-10-6-4-7-11-19)24(30)23(16-26)34(32,33)20-12-8-5-9-13-20/h4-13,17,21-22,30H,14-15H2,1-3H3,(H,27,29)(H,28,31)/b24-23-/t21-,22?/m0/s1. The van der Waals surface area contributed by atoms with Gasteiger partial charge in [0.25, 0.3) is 0 Å². The molecular weight excluding hydrogens is 454 g/mol. The quantitative estimate of drug-likeness (QED) is 0.351. The Morgan fingerprint density at radius 1 is 0.971 bits per heavy atom. The van der Waals surface area contributed by atoms with Crippen molar-refractivity contribution in [2.24, 2.45) is 5.92 Å². The molecule has 0 spiro atoms. The highest BCUT2D eigenvalue weighted by Crippen LogP contribution is 2.23. The fraction of sp³-hybridized carbons (Fsp3) is 0.320. The summed E-state index contributed by atoms with van der Waals surface area (Å²) in [5.41, 5.74) is 0.702. The lowest BCUT2D eigenvalue weighted by Gasteiger charge is -2.24. The van der Waals surface area contributed by atoms with E-state index in [0.29, 0.717) is 12.0 Å². The predicted octanol–water partition coefficient (Wildman–Crippen LogP) is 3.03. The Kier molecular flexibility index (Phi) is 9.39. The molecule has 180 valence electrons. The Labute approximate surface area is 200 Å². The number of sulfone groups is 1. The largest absolute Gasteiger partial charge is 0.508 e. The van der Waals surface area contributed by atoms with Gasteiger partial charge < -0.3 is 15.7 Å². The minimum atomic E-state index is -4.33. The van der Waals surface area contributed by atoms with Gasteiger partial charge in [-0.15, -0.1) is 0 Å². The van der Waals surface area contributed by atoms with Gasteiger partial charge in [0.1, 0.15) is 17.9 Å². The summed E-state index contributed by atoms with van der Waals surface area (Å²) in [6.45, 7) is 5.07. The molecule has 0 aromatic heterocycles. The van der Waals surface area contributed by atoms with Gasteiger partial charge in [0.05, 0.1) is 10.9 Å². The molecule has 0 aliphatic heterocycles. The summed E-state index contributed by atoms with van der Waals surface area (Å²) in [7, 11) is -4.33. The van der Waals surface area contributed by atoms with E-state index in [1.807, 2.05) is 13.8 Å². The van der Waals surface area contributed by atoms with Gasteiger partial charge in [-0.1, -0.05) is 62.4 Å². The summed E-state index contributed by atoms with van der Waals surface area (Å²) in [6, 6.07) is 15.6. The predicted molar refractivity (Wildman–Crippen MR) is 128 cm³/mol. The third kappa shape index (κ3) is 7.18. The molecule has 9 heteroatoms. The molecule has 3 N–H and O–H groups in total. The second kappa shape index (κ2) is 12.0. The van der Waals surface area contributed by atoms with Gasteiger partial charge >= 0.3 is 0 Å². The van der Waals surface area contributed by atoms with Crippen LogP contribution in [0.3, 0.4) is 0 Å². The van der Waals surface area contributed by atoms with Crippen LogP contribution in [0.5, 0.6) is 0 Å². The van der Waals surface area contributed by atoms with Crippen molar-refractivity contribution in [3.8, 4) is 6.07 Å². The number of nitrogens with one attached hydrogen (secondary N) is 2. The van der Waals surface area contributed by atoms with E-state index >= 15 is 0 Å². The van der Waals surface area contributed by atoms with Crippen LogP contribution in [0.25, 0.3) is 0 Å². The van der Waals surface area contributed by atoms with E-state index in [-0.39, 0.29) is 17.2 Å². The molecule has 0 radical (unpaired) electrons. The molecule has 8 nitrogen and oxygen atoms in total. The molecule has 2 atom stereocenters. The first-order valence-corrected chi connectivity index (χ1v) is 12.3. The van der Waals surface area contributed by atoms with Crippen molar-refractivity contribution in [3.63, 3.8) is 0 Å². The average Bonchev–Trinajstić information content (AvgIpc) is 2.79. The van der Waals surface area contributed by atoms with Crippen LogP contribution in [0.1, 0.15) is 32.8 Å². The van der Waals surface area contributed by atoms with E-state index in [4.69, 9.17) is 0 Å².